The van der Waals surface area contributed by atoms with Crippen molar-refractivity contribution in [2.45, 2.75) is 5.41 Å². The lowest BCUT2D eigenvalue weighted by Gasteiger charge is -2.45. The largest absolute Gasteiger partial charge is 0.310 e. The number of nitrogens with zero attached hydrogens (tertiary/aromatic N) is 3. The summed E-state index contributed by atoms with van der Waals surface area (Å²) in [6, 6.07) is 94.2. The van der Waals surface area contributed by atoms with Gasteiger partial charge in [0.05, 0.1) is 28.2 Å². The molecule has 0 radical (unpaired) electrons. The number of rotatable bonds is 7. The normalized spacial score (nSPS) is 12.8. The molecule has 0 saturated heterocycles. The van der Waals surface area contributed by atoms with Crippen molar-refractivity contribution in [3.8, 4) is 78.4 Å². The van der Waals surface area contributed by atoms with E-state index in [2.05, 4.69) is 254 Å². The Bertz CT molecular complexity index is 3630. The number of benzene rings is 10. The minimum Gasteiger partial charge on any atom is -0.310 e. The Morgan fingerprint density at radius 2 is 0.676 bits per heavy atom. The molecule has 0 N–H and O–H groups in total. The Balaban J connectivity index is 0.910. The predicted molar refractivity (Wildman–Crippen MR) is 280 cm³/mol. The maximum atomic E-state index is 5.23. The Labute approximate surface area is 397 Å². The molecule has 68 heavy (non-hydrogen) atoms. The molecule has 0 amide bonds. The summed E-state index contributed by atoms with van der Waals surface area (Å²) < 4.78 is 0. The standard InChI is InChI=1S/C65H43N3/c1-4-18-44(19-5-1)45-34-36-47(37-35-45)61-43-60(46-20-6-2-7-21-46)66-64(67-61)52-25-17-24-50(41-52)48-22-16-23-49(40-48)51-38-39-55-54-28-10-11-29-56(54)65(59(55)42-51)57-30-12-14-32-62(57)68(53-26-8-3-9-27-53)63-33-15-13-31-58(63)65/h1-43H. The van der Waals surface area contributed by atoms with Gasteiger partial charge in [-0.25, -0.2) is 9.97 Å². The molecule has 3 nitrogen and oxygen atoms in total. The third-order valence-electron chi connectivity index (χ3n) is 13.9. The van der Waals surface area contributed by atoms with Crippen molar-refractivity contribution in [2.75, 3.05) is 4.90 Å². The molecule has 13 rings (SSSR count). The van der Waals surface area contributed by atoms with E-state index in [1.807, 2.05) is 12.1 Å². The summed E-state index contributed by atoms with van der Waals surface area (Å²) in [5.41, 5.74) is 22.5. The van der Waals surface area contributed by atoms with Gasteiger partial charge in [0, 0.05) is 22.4 Å². The lowest BCUT2D eigenvalue weighted by atomic mass is 9.64. The molecule has 0 bridgehead atoms. The molecule has 0 unspecified atom stereocenters. The fourth-order valence-electron chi connectivity index (χ4n) is 10.8. The van der Waals surface area contributed by atoms with Gasteiger partial charge >= 0.3 is 0 Å². The van der Waals surface area contributed by atoms with E-state index in [9.17, 15) is 0 Å². The molecule has 1 spiro atoms. The Hall–Kier alpha value is -8.92. The van der Waals surface area contributed by atoms with Crippen LogP contribution in [0.15, 0.2) is 261 Å². The summed E-state index contributed by atoms with van der Waals surface area (Å²) in [4.78, 5) is 12.9. The van der Waals surface area contributed by atoms with Crippen LogP contribution in [0, 0.1) is 0 Å². The zero-order chi connectivity index (χ0) is 45.0. The van der Waals surface area contributed by atoms with Gasteiger partial charge in [-0.2, -0.15) is 0 Å². The Morgan fingerprint density at radius 1 is 0.265 bits per heavy atom. The summed E-state index contributed by atoms with van der Waals surface area (Å²) in [5.74, 6) is 0.689. The molecule has 11 aromatic rings. The van der Waals surface area contributed by atoms with Crippen LogP contribution < -0.4 is 4.90 Å². The molecule has 2 heterocycles. The van der Waals surface area contributed by atoms with Crippen LogP contribution in [0.3, 0.4) is 0 Å². The molecule has 0 fully saturated rings. The first-order valence-electron chi connectivity index (χ1n) is 23.3. The van der Waals surface area contributed by atoms with Crippen molar-refractivity contribution in [3.05, 3.63) is 283 Å². The molecule has 2 aliphatic rings. The van der Waals surface area contributed by atoms with Gasteiger partial charge in [-0.05, 0) is 115 Å². The van der Waals surface area contributed by atoms with Crippen molar-refractivity contribution in [1.82, 2.24) is 9.97 Å². The zero-order valence-corrected chi connectivity index (χ0v) is 37.2. The summed E-state index contributed by atoms with van der Waals surface area (Å²) in [5, 5.41) is 0. The highest BCUT2D eigenvalue weighted by Crippen LogP contribution is 2.63. The van der Waals surface area contributed by atoms with Crippen molar-refractivity contribution in [1.29, 1.82) is 0 Å². The molecule has 1 aliphatic carbocycles. The molecule has 318 valence electrons. The van der Waals surface area contributed by atoms with Crippen LogP contribution >= 0.6 is 0 Å². The van der Waals surface area contributed by atoms with E-state index in [0.29, 0.717) is 5.82 Å². The summed E-state index contributed by atoms with van der Waals surface area (Å²) >= 11 is 0. The van der Waals surface area contributed by atoms with E-state index in [4.69, 9.17) is 9.97 Å². The second kappa shape index (κ2) is 16.2. The van der Waals surface area contributed by atoms with Crippen LogP contribution in [-0.4, -0.2) is 9.97 Å². The molecular formula is C65H43N3. The Kier molecular flexibility index (Phi) is 9.40. The summed E-state index contributed by atoms with van der Waals surface area (Å²) in [6.45, 7) is 0. The second-order valence-electron chi connectivity index (χ2n) is 17.7. The van der Waals surface area contributed by atoms with Gasteiger partial charge in [-0.15, -0.1) is 0 Å². The van der Waals surface area contributed by atoms with Crippen LogP contribution in [0.25, 0.3) is 78.4 Å². The highest BCUT2D eigenvalue weighted by Gasteiger charge is 2.51. The number of hydrogen-bond acceptors (Lipinski definition) is 3. The van der Waals surface area contributed by atoms with Crippen LogP contribution in [-0.2, 0) is 5.41 Å². The maximum Gasteiger partial charge on any atom is 0.160 e. The lowest BCUT2D eigenvalue weighted by Crippen LogP contribution is -2.36. The van der Waals surface area contributed by atoms with Gasteiger partial charge in [0.2, 0.25) is 0 Å². The number of hydrogen-bond donors (Lipinski definition) is 0. The third kappa shape index (κ3) is 6.43. The van der Waals surface area contributed by atoms with E-state index in [-0.39, 0.29) is 0 Å². The average molecular weight is 866 g/mol. The fourth-order valence-corrected chi connectivity index (χ4v) is 10.8. The van der Waals surface area contributed by atoms with E-state index in [1.165, 1.54) is 61.4 Å². The Morgan fingerprint density at radius 3 is 1.31 bits per heavy atom. The number of para-hydroxylation sites is 3. The van der Waals surface area contributed by atoms with Crippen molar-refractivity contribution >= 4 is 17.1 Å². The van der Waals surface area contributed by atoms with Gasteiger partial charge in [-0.3, -0.25) is 0 Å². The first-order valence-corrected chi connectivity index (χ1v) is 23.3. The zero-order valence-electron chi connectivity index (χ0n) is 37.2. The smallest absolute Gasteiger partial charge is 0.160 e. The summed E-state index contributed by atoms with van der Waals surface area (Å²) in [6.07, 6.45) is 0. The van der Waals surface area contributed by atoms with Gasteiger partial charge in [0.25, 0.3) is 0 Å². The molecule has 1 aliphatic heterocycles. The SMILES string of the molecule is c1ccc(-c2ccc(-c3cc(-c4ccccc4)nc(-c4cccc(-c5cccc(-c6ccc7c(c6)C6(c8ccccc8-7)c7ccccc7N(c7ccccc7)c7ccccc76)c5)c4)n3)cc2)cc1. The summed E-state index contributed by atoms with van der Waals surface area (Å²) in [7, 11) is 0. The molecule has 3 heteroatoms. The van der Waals surface area contributed by atoms with Crippen LogP contribution in [0.2, 0.25) is 0 Å². The fraction of sp³-hybridized carbons (Fsp3) is 0.0154. The molecule has 10 aromatic carbocycles. The third-order valence-corrected chi connectivity index (χ3v) is 13.9. The van der Waals surface area contributed by atoms with E-state index in [0.717, 1.165) is 50.5 Å². The van der Waals surface area contributed by atoms with Crippen molar-refractivity contribution in [3.63, 3.8) is 0 Å². The van der Waals surface area contributed by atoms with Crippen LogP contribution in [0.1, 0.15) is 22.3 Å². The van der Waals surface area contributed by atoms with Crippen LogP contribution in [0.5, 0.6) is 0 Å². The van der Waals surface area contributed by atoms with Gasteiger partial charge in [-0.1, -0.05) is 212 Å². The van der Waals surface area contributed by atoms with Crippen molar-refractivity contribution in [2.24, 2.45) is 0 Å². The maximum absolute atomic E-state index is 5.23. The lowest BCUT2D eigenvalue weighted by molar-refractivity contribution is 0.753. The number of fused-ring (bicyclic) bond motifs is 9. The number of anilines is 3. The first kappa shape index (κ1) is 39.4. The topological polar surface area (TPSA) is 29.0 Å². The predicted octanol–water partition coefficient (Wildman–Crippen LogP) is 16.6. The second-order valence-corrected chi connectivity index (χ2v) is 17.7. The monoisotopic (exact) mass is 865 g/mol. The van der Waals surface area contributed by atoms with E-state index in [1.54, 1.807) is 0 Å². The average Bonchev–Trinajstić information content (AvgIpc) is 3.71. The van der Waals surface area contributed by atoms with E-state index >= 15 is 0 Å². The van der Waals surface area contributed by atoms with Gasteiger partial charge < -0.3 is 4.90 Å². The highest BCUT2D eigenvalue weighted by molar-refractivity contribution is 5.96. The molecule has 1 aromatic heterocycles. The molecule has 0 atom stereocenters. The molecular weight excluding hydrogens is 823 g/mol. The minimum absolute atomic E-state index is 0.524. The molecule has 0 saturated carbocycles. The van der Waals surface area contributed by atoms with E-state index < -0.39 is 5.41 Å². The minimum atomic E-state index is -0.524. The quantitative estimate of drug-likeness (QED) is 0.160. The van der Waals surface area contributed by atoms with Crippen LogP contribution in [0.4, 0.5) is 17.1 Å². The van der Waals surface area contributed by atoms with Crippen molar-refractivity contribution < 1.29 is 0 Å². The van der Waals surface area contributed by atoms with Gasteiger partial charge in [0.1, 0.15) is 0 Å². The van der Waals surface area contributed by atoms with Gasteiger partial charge in [0.15, 0.2) is 5.82 Å². The first-order chi connectivity index (χ1) is 33.7. The highest BCUT2D eigenvalue weighted by atomic mass is 15.2. The number of aromatic nitrogens is 2.